The van der Waals surface area contributed by atoms with Gasteiger partial charge in [-0.15, -0.1) is 0 Å². The van der Waals surface area contributed by atoms with Crippen LogP contribution in [0.3, 0.4) is 0 Å². The average Bonchev–Trinajstić information content (AvgIpc) is 2.53. The lowest BCUT2D eigenvalue weighted by molar-refractivity contribution is -0.131. The molecule has 2 aromatic carbocycles. The zero-order chi connectivity index (χ0) is 17.7. The maximum atomic E-state index is 14.3. The van der Waals surface area contributed by atoms with Gasteiger partial charge in [0.2, 0.25) is 0 Å². The molecule has 0 aromatic heterocycles. The number of hydrogen-bond donors (Lipinski definition) is 1. The van der Waals surface area contributed by atoms with Gasteiger partial charge in [0.25, 0.3) is 0 Å². The summed E-state index contributed by atoms with van der Waals surface area (Å²) in [5, 5.41) is 9.24. The summed E-state index contributed by atoms with van der Waals surface area (Å²) >= 11 is 0. The van der Waals surface area contributed by atoms with Crippen molar-refractivity contribution < 1.29 is 23.8 Å². The van der Waals surface area contributed by atoms with Gasteiger partial charge >= 0.3 is 5.97 Å². The van der Waals surface area contributed by atoms with Crippen molar-refractivity contribution in [3.63, 3.8) is 0 Å². The van der Waals surface area contributed by atoms with Crippen LogP contribution in [0.5, 0.6) is 5.75 Å². The second kappa shape index (κ2) is 7.75. The minimum Gasteiger partial charge on any atom is -0.478 e. The summed E-state index contributed by atoms with van der Waals surface area (Å²) in [4.78, 5) is 11.3. The van der Waals surface area contributed by atoms with Crippen LogP contribution in [0, 0.1) is 19.7 Å². The second-order valence-electron chi connectivity index (χ2n) is 5.43. The predicted molar refractivity (Wildman–Crippen MR) is 89.5 cm³/mol. The zero-order valence-electron chi connectivity index (χ0n) is 13.8. The molecular weight excluding hydrogens is 311 g/mol. The topological polar surface area (TPSA) is 55.8 Å². The normalized spacial score (nSPS) is 11.4. The van der Waals surface area contributed by atoms with E-state index in [1.807, 2.05) is 19.9 Å². The molecule has 0 bridgehead atoms. The minimum atomic E-state index is -1.16. The Hall–Kier alpha value is -2.66. The highest BCUT2D eigenvalue weighted by Crippen LogP contribution is 2.33. The average molecular weight is 330 g/mol. The summed E-state index contributed by atoms with van der Waals surface area (Å²) < 4.78 is 24.8. The van der Waals surface area contributed by atoms with E-state index in [-0.39, 0.29) is 17.9 Å². The van der Waals surface area contributed by atoms with Crippen molar-refractivity contribution in [2.45, 2.75) is 13.8 Å². The summed E-state index contributed by atoms with van der Waals surface area (Å²) in [5.41, 5.74) is 2.69. The lowest BCUT2D eigenvalue weighted by atomic mass is 9.94. The molecular formula is C19H19FO4. The first-order chi connectivity index (χ1) is 11.4. The molecule has 0 atom stereocenters. The number of halogens is 1. The maximum Gasteiger partial charge on any atom is 0.328 e. The lowest BCUT2D eigenvalue weighted by Crippen LogP contribution is -2.04. The number of ether oxygens (including phenoxy) is 2. The van der Waals surface area contributed by atoms with Crippen molar-refractivity contribution in [3.05, 3.63) is 70.5 Å². The van der Waals surface area contributed by atoms with Crippen LogP contribution in [0.15, 0.2) is 42.5 Å². The molecule has 126 valence electrons. The van der Waals surface area contributed by atoms with Gasteiger partial charge in [-0.1, -0.05) is 23.3 Å². The molecule has 0 unspecified atom stereocenters. The number of aryl methyl sites for hydroxylation is 2. The van der Waals surface area contributed by atoms with E-state index in [2.05, 4.69) is 0 Å². The van der Waals surface area contributed by atoms with Crippen LogP contribution in [0.2, 0.25) is 0 Å². The first-order valence-corrected chi connectivity index (χ1v) is 7.36. The number of benzene rings is 2. The number of carboxylic acids is 1. The molecule has 0 spiro atoms. The first kappa shape index (κ1) is 17.7. The molecule has 1 N–H and O–H groups in total. The van der Waals surface area contributed by atoms with Gasteiger partial charge in [0, 0.05) is 29.9 Å². The minimum absolute atomic E-state index is 0.00666. The fraction of sp³-hybridized carbons (Fsp3) is 0.211. The third-order valence-corrected chi connectivity index (χ3v) is 3.44. The Labute approximate surface area is 140 Å². The maximum absolute atomic E-state index is 14.3. The van der Waals surface area contributed by atoms with Crippen LogP contribution in [0.25, 0.3) is 5.57 Å². The summed E-state index contributed by atoms with van der Waals surface area (Å²) in [6.07, 6.45) is 0.992. The van der Waals surface area contributed by atoms with Gasteiger partial charge in [0.15, 0.2) is 6.79 Å². The number of aliphatic carboxylic acids is 1. The van der Waals surface area contributed by atoms with E-state index in [1.165, 1.54) is 13.2 Å². The van der Waals surface area contributed by atoms with Gasteiger partial charge in [-0.25, -0.2) is 9.18 Å². The van der Waals surface area contributed by atoms with E-state index in [1.54, 1.807) is 24.3 Å². The number of carboxylic acid groups (broad SMARTS) is 1. The second-order valence-corrected chi connectivity index (χ2v) is 5.43. The van der Waals surface area contributed by atoms with Gasteiger partial charge in [-0.3, -0.25) is 0 Å². The van der Waals surface area contributed by atoms with Crippen molar-refractivity contribution in [2.24, 2.45) is 0 Å². The summed E-state index contributed by atoms with van der Waals surface area (Å²) in [6.45, 7) is 3.70. The highest BCUT2D eigenvalue weighted by molar-refractivity contribution is 5.96. The summed E-state index contributed by atoms with van der Waals surface area (Å²) in [6, 6.07) is 9.89. The quantitative estimate of drug-likeness (QED) is 0.644. The van der Waals surface area contributed by atoms with Crippen molar-refractivity contribution >= 4 is 11.5 Å². The predicted octanol–water partition coefficient (Wildman–Crippen LogP) is 3.94. The third-order valence-electron chi connectivity index (χ3n) is 3.44. The molecule has 24 heavy (non-hydrogen) atoms. The van der Waals surface area contributed by atoms with E-state index < -0.39 is 11.8 Å². The molecule has 0 aliphatic carbocycles. The van der Waals surface area contributed by atoms with E-state index in [4.69, 9.17) is 9.47 Å². The zero-order valence-corrected chi connectivity index (χ0v) is 13.8. The monoisotopic (exact) mass is 330 g/mol. The molecule has 2 aromatic rings. The fourth-order valence-electron chi connectivity index (χ4n) is 2.37. The number of hydrogen-bond acceptors (Lipinski definition) is 3. The molecule has 0 aliphatic heterocycles. The van der Waals surface area contributed by atoms with Crippen molar-refractivity contribution in [1.82, 2.24) is 0 Å². The fourth-order valence-corrected chi connectivity index (χ4v) is 2.37. The number of methoxy groups -OCH3 is 1. The molecule has 0 heterocycles. The van der Waals surface area contributed by atoms with Crippen LogP contribution in [-0.4, -0.2) is 25.0 Å². The Bertz CT molecular complexity index is 781. The van der Waals surface area contributed by atoms with Crippen LogP contribution in [0.4, 0.5) is 4.39 Å². The Morgan fingerprint density at radius 3 is 2.38 bits per heavy atom. The molecule has 0 saturated heterocycles. The third kappa shape index (κ3) is 4.20. The van der Waals surface area contributed by atoms with Crippen LogP contribution in [-0.2, 0) is 9.53 Å². The Morgan fingerprint density at radius 2 is 1.75 bits per heavy atom. The summed E-state index contributed by atoms with van der Waals surface area (Å²) in [7, 11) is 1.49. The molecule has 4 nitrogen and oxygen atoms in total. The van der Waals surface area contributed by atoms with E-state index in [9.17, 15) is 14.3 Å². The summed E-state index contributed by atoms with van der Waals surface area (Å²) in [5.74, 6) is -1.23. The molecule has 0 aliphatic rings. The first-order valence-electron chi connectivity index (χ1n) is 7.36. The number of carbonyl (C=O) groups is 1. The van der Waals surface area contributed by atoms with Crippen LogP contribution in [0.1, 0.15) is 22.3 Å². The Kier molecular flexibility index (Phi) is 5.71. The Balaban J connectivity index is 2.67. The molecule has 2 rings (SSSR count). The molecule has 0 amide bonds. The highest BCUT2D eigenvalue weighted by atomic mass is 19.1. The van der Waals surface area contributed by atoms with Gasteiger partial charge < -0.3 is 14.6 Å². The number of rotatable bonds is 6. The molecule has 5 heteroatoms. The lowest BCUT2D eigenvalue weighted by Gasteiger charge is -2.16. The van der Waals surface area contributed by atoms with Crippen LogP contribution < -0.4 is 4.74 Å². The van der Waals surface area contributed by atoms with Gasteiger partial charge in [0.1, 0.15) is 11.6 Å². The molecule has 0 saturated carbocycles. The Morgan fingerprint density at radius 1 is 1.12 bits per heavy atom. The largest absolute Gasteiger partial charge is 0.478 e. The molecule has 0 radical (unpaired) electrons. The van der Waals surface area contributed by atoms with E-state index in [0.717, 1.165) is 17.2 Å². The standard InChI is InChI=1S/C19H19FO4/c1-12-4-6-17(20)15(8-12)14(10-19(21)22)16-9-13(2)5-7-18(16)24-11-23-3/h4-10H,11H2,1-3H3,(H,21,22)/b14-10+. The van der Waals surface area contributed by atoms with Gasteiger partial charge in [-0.2, -0.15) is 0 Å². The van der Waals surface area contributed by atoms with E-state index >= 15 is 0 Å². The highest BCUT2D eigenvalue weighted by Gasteiger charge is 2.17. The van der Waals surface area contributed by atoms with Gasteiger partial charge in [0.05, 0.1) is 0 Å². The SMILES string of the molecule is COCOc1ccc(C)cc1/C(=C/C(=O)O)c1cc(C)ccc1F. The smallest absolute Gasteiger partial charge is 0.328 e. The van der Waals surface area contributed by atoms with Crippen molar-refractivity contribution in [2.75, 3.05) is 13.9 Å². The van der Waals surface area contributed by atoms with Crippen molar-refractivity contribution in [1.29, 1.82) is 0 Å². The van der Waals surface area contributed by atoms with Crippen LogP contribution >= 0.6 is 0 Å². The molecule has 0 fully saturated rings. The van der Waals surface area contributed by atoms with Crippen molar-refractivity contribution in [3.8, 4) is 5.75 Å². The van der Waals surface area contributed by atoms with E-state index in [0.29, 0.717) is 11.3 Å². The van der Waals surface area contributed by atoms with Gasteiger partial charge in [-0.05, 0) is 38.1 Å².